The molecule has 0 bridgehead atoms. The number of piperidine rings is 1. The second-order valence-electron chi connectivity index (χ2n) is 5.97. The number of hydrogen-bond donors (Lipinski definition) is 0. The molecule has 1 atom stereocenters. The zero-order chi connectivity index (χ0) is 16.9. The Balaban J connectivity index is 1.93. The summed E-state index contributed by atoms with van der Waals surface area (Å²) < 4.78 is 30.8. The molecule has 9 heteroatoms. The van der Waals surface area contributed by atoms with Gasteiger partial charge in [-0.05, 0) is 12.8 Å². The summed E-state index contributed by atoms with van der Waals surface area (Å²) >= 11 is 0. The Labute approximate surface area is 137 Å². The van der Waals surface area contributed by atoms with Crippen LogP contribution in [0.4, 0.5) is 0 Å². The van der Waals surface area contributed by atoms with E-state index in [0.29, 0.717) is 45.6 Å². The average Bonchev–Trinajstić information content (AvgIpc) is 2.59. The summed E-state index contributed by atoms with van der Waals surface area (Å²) in [4.78, 5) is 26.7. The number of amides is 2. The van der Waals surface area contributed by atoms with Crippen LogP contribution in [0.2, 0.25) is 0 Å². The molecular weight excluding hydrogens is 322 g/mol. The molecule has 0 aromatic rings. The van der Waals surface area contributed by atoms with Gasteiger partial charge in [-0.1, -0.05) is 0 Å². The monoisotopic (exact) mass is 347 g/mol. The summed E-state index contributed by atoms with van der Waals surface area (Å²) in [7, 11) is -1.90. The Morgan fingerprint density at radius 2 is 1.91 bits per heavy atom. The normalized spacial score (nSPS) is 23.8. The minimum Gasteiger partial charge on any atom is -0.384 e. The van der Waals surface area contributed by atoms with Crippen LogP contribution in [0, 0.1) is 5.92 Å². The third-order valence-electron chi connectivity index (χ3n) is 4.45. The van der Waals surface area contributed by atoms with Gasteiger partial charge in [0.15, 0.2) is 0 Å². The van der Waals surface area contributed by atoms with Gasteiger partial charge in [-0.25, -0.2) is 12.7 Å². The summed E-state index contributed by atoms with van der Waals surface area (Å²) in [5, 5.41) is 0. The van der Waals surface area contributed by atoms with Crippen LogP contribution in [0.1, 0.15) is 12.8 Å². The summed E-state index contributed by atoms with van der Waals surface area (Å²) in [6, 6.07) is 0. The first-order valence-electron chi connectivity index (χ1n) is 7.93. The second-order valence-corrected chi connectivity index (χ2v) is 8.06. The van der Waals surface area contributed by atoms with Gasteiger partial charge in [0.2, 0.25) is 22.3 Å². The van der Waals surface area contributed by atoms with Crippen molar-refractivity contribution in [2.24, 2.45) is 5.92 Å². The standard InChI is InChI=1S/C14H25N3O5S/c1-22-9-10-23(20,21)17-4-2-3-13(11-17)14(19)16-7-5-15(12-18)6-8-16/h12-13H,2-11H2,1H3. The molecule has 23 heavy (non-hydrogen) atoms. The van der Waals surface area contributed by atoms with E-state index in [0.717, 1.165) is 6.41 Å². The molecule has 2 heterocycles. The van der Waals surface area contributed by atoms with Crippen molar-refractivity contribution >= 4 is 22.3 Å². The quantitative estimate of drug-likeness (QED) is 0.574. The first-order valence-corrected chi connectivity index (χ1v) is 9.53. The molecule has 2 rings (SSSR count). The number of ether oxygens (including phenoxy) is 1. The number of sulfonamides is 1. The highest BCUT2D eigenvalue weighted by Gasteiger charge is 2.34. The predicted octanol–water partition coefficient (Wildman–Crippen LogP) is -1.02. The Morgan fingerprint density at radius 1 is 1.22 bits per heavy atom. The Hall–Kier alpha value is -1.19. The molecule has 2 fully saturated rings. The van der Waals surface area contributed by atoms with Gasteiger partial charge in [0.25, 0.3) is 0 Å². The summed E-state index contributed by atoms with van der Waals surface area (Å²) in [6.45, 7) is 2.99. The van der Waals surface area contributed by atoms with E-state index in [9.17, 15) is 18.0 Å². The van der Waals surface area contributed by atoms with Crippen molar-refractivity contribution < 1.29 is 22.7 Å². The van der Waals surface area contributed by atoms with Crippen molar-refractivity contribution in [3.63, 3.8) is 0 Å². The van der Waals surface area contributed by atoms with Crippen LogP contribution in [0.25, 0.3) is 0 Å². The van der Waals surface area contributed by atoms with Crippen LogP contribution < -0.4 is 0 Å². The molecular formula is C14H25N3O5S. The lowest BCUT2D eigenvalue weighted by Crippen LogP contribution is -2.52. The first kappa shape index (κ1) is 18.2. The largest absolute Gasteiger partial charge is 0.384 e. The minimum atomic E-state index is -3.37. The molecule has 2 amide bonds. The van der Waals surface area contributed by atoms with Crippen molar-refractivity contribution in [2.45, 2.75) is 12.8 Å². The van der Waals surface area contributed by atoms with Crippen LogP contribution in [0.3, 0.4) is 0 Å². The Morgan fingerprint density at radius 3 is 2.52 bits per heavy atom. The fraction of sp³-hybridized carbons (Fsp3) is 0.857. The lowest BCUT2D eigenvalue weighted by molar-refractivity contribution is -0.140. The fourth-order valence-corrected chi connectivity index (χ4v) is 4.47. The highest BCUT2D eigenvalue weighted by molar-refractivity contribution is 7.89. The molecule has 0 radical (unpaired) electrons. The first-order chi connectivity index (χ1) is 11.0. The molecule has 0 spiro atoms. The maximum Gasteiger partial charge on any atom is 0.227 e. The van der Waals surface area contributed by atoms with Crippen molar-refractivity contribution in [1.29, 1.82) is 0 Å². The van der Waals surface area contributed by atoms with E-state index in [-0.39, 0.29) is 30.7 Å². The summed E-state index contributed by atoms with van der Waals surface area (Å²) in [6.07, 6.45) is 2.20. The van der Waals surface area contributed by atoms with Crippen molar-refractivity contribution in [1.82, 2.24) is 14.1 Å². The molecule has 2 saturated heterocycles. The molecule has 1 unspecified atom stereocenters. The van der Waals surface area contributed by atoms with Crippen LogP contribution >= 0.6 is 0 Å². The maximum absolute atomic E-state index is 12.6. The number of rotatable bonds is 6. The molecule has 0 aliphatic carbocycles. The SMILES string of the molecule is COCCS(=O)(=O)N1CCCC(C(=O)N2CCN(C=O)CC2)C1. The van der Waals surface area contributed by atoms with Gasteiger partial charge >= 0.3 is 0 Å². The number of carbonyl (C=O) groups excluding carboxylic acids is 2. The molecule has 0 aromatic heterocycles. The van der Waals surface area contributed by atoms with Gasteiger partial charge < -0.3 is 14.5 Å². The zero-order valence-electron chi connectivity index (χ0n) is 13.5. The molecule has 0 N–H and O–H groups in total. The molecule has 0 aromatic carbocycles. The third-order valence-corrected chi connectivity index (χ3v) is 6.25. The molecule has 2 aliphatic heterocycles. The van der Waals surface area contributed by atoms with Crippen molar-refractivity contribution in [2.75, 3.05) is 58.7 Å². The van der Waals surface area contributed by atoms with Crippen molar-refractivity contribution in [3.8, 4) is 0 Å². The van der Waals surface area contributed by atoms with Crippen LogP contribution in [0.15, 0.2) is 0 Å². The minimum absolute atomic E-state index is 0.00203. The average molecular weight is 347 g/mol. The summed E-state index contributed by atoms with van der Waals surface area (Å²) in [5.74, 6) is -0.339. The van der Waals surface area contributed by atoms with E-state index in [1.165, 1.54) is 11.4 Å². The van der Waals surface area contributed by atoms with E-state index in [1.807, 2.05) is 0 Å². The fourth-order valence-electron chi connectivity index (χ4n) is 3.02. The van der Waals surface area contributed by atoms with Gasteiger partial charge in [0, 0.05) is 46.4 Å². The van der Waals surface area contributed by atoms with Crippen molar-refractivity contribution in [3.05, 3.63) is 0 Å². The highest BCUT2D eigenvalue weighted by atomic mass is 32.2. The zero-order valence-corrected chi connectivity index (χ0v) is 14.3. The van der Waals surface area contributed by atoms with Gasteiger partial charge in [0.05, 0.1) is 18.3 Å². The molecule has 132 valence electrons. The van der Waals surface area contributed by atoms with Gasteiger partial charge in [-0.15, -0.1) is 0 Å². The van der Waals surface area contributed by atoms with E-state index >= 15 is 0 Å². The third kappa shape index (κ3) is 4.65. The number of methoxy groups -OCH3 is 1. The van der Waals surface area contributed by atoms with Gasteiger partial charge in [0.1, 0.15) is 0 Å². The molecule has 8 nitrogen and oxygen atoms in total. The Kier molecular flexibility index (Phi) is 6.37. The summed E-state index contributed by atoms with van der Waals surface area (Å²) in [5.41, 5.74) is 0. The predicted molar refractivity (Wildman–Crippen MR) is 84.2 cm³/mol. The lowest BCUT2D eigenvalue weighted by Gasteiger charge is -2.37. The van der Waals surface area contributed by atoms with Crippen LogP contribution in [-0.2, 0) is 24.3 Å². The van der Waals surface area contributed by atoms with Crippen LogP contribution in [0.5, 0.6) is 0 Å². The van der Waals surface area contributed by atoms with Gasteiger partial charge in [-0.3, -0.25) is 9.59 Å². The maximum atomic E-state index is 12.6. The van der Waals surface area contributed by atoms with Crippen LogP contribution in [-0.4, -0.2) is 93.6 Å². The topological polar surface area (TPSA) is 87.2 Å². The Bertz CT molecular complexity index is 517. The number of nitrogens with zero attached hydrogens (tertiary/aromatic N) is 3. The highest BCUT2D eigenvalue weighted by Crippen LogP contribution is 2.22. The lowest BCUT2D eigenvalue weighted by atomic mass is 9.98. The molecule has 0 saturated carbocycles. The second kappa shape index (κ2) is 8.07. The van der Waals surface area contributed by atoms with Gasteiger partial charge in [-0.2, -0.15) is 0 Å². The van der Waals surface area contributed by atoms with E-state index in [1.54, 1.807) is 9.80 Å². The number of hydrogen-bond acceptors (Lipinski definition) is 5. The van der Waals surface area contributed by atoms with E-state index in [4.69, 9.17) is 4.74 Å². The molecule has 2 aliphatic rings. The number of carbonyl (C=O) groups is 2. The van der Waals surface area contributed by atoms with E-state index in [2.05, 4.69) is 0 Å². The smallest absolute Gasteiger partial charge is 0.227 e. The number of piperazine rings is 1. The van der Waals surface area contributed by atoms with E-state index < -0.39 is 10.0 Å².